The molecular weight excluding hydrogens is 188 g/mol. The molecular formula is C12H14N2O. The van der Waals surface area contributed by atoms with Crippen LogP contribution in [0.4, 0.5) is 0 Å². The second-order valence-corrected chi connectivity index (χ2v) is 3.49. The molecule has 1 unspecified atom stereocenters. The number of aromatic nitrogens is 1. The summed E-state index contributed by atoms with van der Waals surface area (Å²) in [5.74, 6) is 0. The number of nitrogens with one attached hydrogen (secondary N) is 1. The van der Waals surface area contributed by atoms with Crippen molar-refractivity contribution in [2.24, 2.45) is 0 Å². The Morgan fingerprint density at radius 1 is 1.33 bits per heavy atom. The Labute approximate surface area is 89.1 Å². The molecule has 1 aromatic heterocycles. The van der Waals surface area contributed by atoms with E-state index in [2.05, 4.69) is 29.4 Å². The van der Waals surface area contributed by atoms with Crippen molar-refractivity contribution in [1.29, 1.82) is 0 Å². The molecule has 15 heavy (non-hydrogen) atoms. The van der Waals surface area contributed by atoms with Gasteiger partial charge in [0.2, 0.25) is 0 Å². The molecule has 0 saturated heterocycles. The van der Waals surface area contributed by atoms with Gasteiger partial charge in [-0.1, -0.05) is 30.3 Å². The number of rotatable bonds is 4. The fourth-order valence-corrected chi connectivity index (χ4v) is 1.44. The highest BCUT2D eigenvalue weighted by Crippen LogP contribution is 2.11. The Bertz CT molecular complexity index is 383. The number of oxazole rings is 1. The monoisotopic (exact) mass is 202 g/mol. The molecule has 1 aromatic carbocycles. The van der Waals surface area contributed by atoms with Gasteiger partial charge in [-0.25, -0.2) is 4.98 Å². The van der Waals surface area contributed by atoms with Crippen LogP contribution in [-0.4, -0.2) is 4.98 Å². The quantitative estimate of drug-likeness (QED) is 0.827. The van der Waals surface area contributed by atoms with Crippen molar-refractivity contribution in [1.82, 2.24) is 10.3 Å². The SMILES string of the molecule is CC(NCc1cocn1)c1ccccc1. The Balaban J connectivity index is 1.90. The van der Waals surface area contributed by atoms with E-state index < -0.39 is 0 Å². The van der Waals surface area contributed by atoms with E-state index in [0.29, 0.717) is 6.04 Å². The van der Waals surface area contributed by atoms with Crippen LogP contribution in [0.5, 0.6) is 0 Å². The Kier molecular flexibility index (Phi) is 3.15. The van der Waals surface area contributed by atoms with E-state index in [1.54, 1.807) is 6.26 Å². The van der Waals surface area contributed by atoms with Crippen LogP contribution in [0.15, 0.2) is 47.4 Å². The van der Waals surface area contributed by atoms with Crippen molar-refractivity contribution in [3.05, 3.63) is 54.2 Å². The smallest absolute Gasteiger partial charge is 0.180 e. The minimum absolute atomic E-state index is 0.322. The van der Waals surface area contributed by atoms with Crippen molar-refractivity contribution >= 4 is 0 Å². The first kappa shape index (κ1) is 9.93. The first-order valence-electron chi connectivity index (χ1n) is 5.01. The Morgan fingerprint density at radius 3 is 2.80 bits per heavy atom. The van der Waals surface area contributed by atoms with Gasteiger partial charge in [-0.15, -0.1) is 0 Å². The molecule has 0 aliphatic heterocycles. The van der Waals surface area contributed by atoms with Crippen LogP contribution in [-0.2, 0) is 6.54 Å². The molecule has 1 heterocycles. The predicted octanol–water partition coefficient (Wildman–Crippen LogP) is 2.53. The summed E-state index contributed by atoms with van der Waals surface area (Å²) in [6.45, 7) is 2.86. The maximum Gasteiger partial charge on any atom is 0.180 e. The number of benzene rings is 1. The standard InChI is InChI=1S/C12H14N2O/c1-10(11-5-3-2-4-6-11)13-7-12-8-15-9-14-12/h2-6,8-10,13H,7H2,1H3. The third-order valence-corrected chi connectivity index (χ3v) is 2.37. The summed E-state index contributed by atoms with van der Waals surface area (Å²) in [6.07, 6.45) is 3.11. The topological polar surface area (TPSA) is 38.1 Å². The summed E-state index contributed by atoms with van der Waals surface area (Å²) in [4.78, 5) is 4.05. The highest BCUT2D eigenvalue weighted by atomic mass is 16.3. The molecule has 3 heteroatoms. The summed E-state index contributed by atoms with van der Waals surface area (Å²) < 4.78 is 4.90. The lowest BCUT2D eigenvalue weighted by Gasteiger charge is -2.12. The Morgan fingerprint density at radius 2 is 2.13 bits per heavy atom. The van der Waals surface area contributed by atoms with Gasteiger partial charge in [-0.2, -0.15) is 0 Å². The summed E-state index contributed by atoms with van der Waals surface area (Å²) in [5, 5.41) is 3.38. The minimum atomic E-state index is 0.322. The fraction of sp³-hybridized carbons (Fsp3) is 0.250. The van der Waals surface area contributed by atoms with E-state index in [9.17, 15) is 0 Å². The molecule has 0 saturated carbocycles. The lowest BCUT2D eigenvalue weighted by molar-refractivity contribution is 0.546. The molecule has 3 nitrogen and oxygen atoms in total. The number of hydrogen-bond acceptors (Lipinski definition) is 3. The largest absolute Gasteiger partial charge is 0.451 e. The van der Waals surface area contributed by atoms with Gasteiger partial charge in [-0.05, 0) is 12.5 Å². The molecule has 0 bridgehead atoms. The zero-order valence-corrected chi connectivity index (χ0v) is 8.68. The fourth-order valence-electron chi connectivity index (χ4n) is 1.44. The van der Waals surface area contributed by atoms with Crippen LogP contribution in [0, 0.1) is 0 Å². The molecule has 0 radical (unpaired) electrons. The van der Waals surface area contributed by atoms with E-state index >= 15 is 0 Å². The molecule has 0 fully saturated rings. The van der Waals surface area contributed by atoms with Crippen LogP contribution < -0.4 is 5.32 Å². The summed E-state index contributed by atoms with van der Waals surface area (Å²) in [7, 11) is 0. The minimum Gasteiger partial charge on any atom is -0.451 e. The number of nitrogens with zero attached hydrogens (tertiary/aromatic N) is 1. The first-order chi connectivity index (χ1) is 7.36. The molecule has 78 valence electrons. The van der Waals surface area contributed by atoms with Crippen LogP contribution in [0.1, 0.15) is 24.2 Å². The molecule has 0 amide bonds. The van der Waals surface area contributed by atoms with Crippen LogP contribution >= 0.6 is 0 Å². The summed E-state index contributed by atoms with van der Waals surface area (Å²) in [6, 6.07) is 10.7. The average Bonchev–Trinajstić information content (AvgIpc) is 2.80. The van der Waals surface area contributed by atoms with Crippen LogP contribution in [0.3, 0.4) is 0 Å². The van der Waals surface area contributed by atoms with Gasteiger partial charge in [0.15, 0.2) is 6.39 Å². The molecule has 2 aromatic rings. The van der Waals surface area contributed by atoms with E-state index in [1.807, 2.05) is 18.2 Å². The van der Waals surface area contributed by atoms with Gasteiger partial charge in [-0.3, -0.25) is 0 Å². The molecule has 2 rings (SSSR count). The highest BCUT2D eigenvalue weighted by molar-refractivity contribution is 5.18. The zero-order chi connectivity index (χ0) is 10.5. The van der Waals surface area contributed by atoms with Crippen molar-refractivity contribution in [2.75, 3.05) is 0 Å². The van der Waals surface area contributed by atoms with Crippen molar-refractivity contribution in [3.63, 3.8) is 0 Å². The highest BCUT2D eigenvalue weighted by Gasteiger charge is 2.04. The molecule has 1 N–H and O–H groups in total. The van der Waals surface area contributed by atoms with E-state index in [1.165, 1.54) is 12.0 Å². The summed E-state index contributed by atoms with van der Waals surface area (Å²) in [5.41, 5.74) is 2.21. The molecule has 0 aliphatic rings. The third kappa shape index (κ3) is 2.67. The van der Waals surface area contributed by atoms with Crippen LogP contribution in [0.2, 0.25) is 0 Å². The van der Waals surface area contributed by atoms with Gasteiger partial charge in [0.05, 0.1) is 5.69 Å². The van der Waals surface area contributed by atoms with Gasteiger partial charge >= 0.3 is 0 Å². The van der Waals surface area contributed by atoms with E-state index in [-0.39, 0.29) is 0 Å². The lowest BCUT2D eigenvalue weighted by atomic mass is 10.1. The zero-order valence-electron chi connectivity index (χ0n) is 8.68. The first-order valence-corrected chi connectivity index (χ1v) is 5.01. The maximum absolute atomic E-state index is 4.90. The summed E-state index contributed by atoms with van der Waals surface area (Å²) >= 11 is 0. The van der Waals surface area contributed by atoms with Crippen molar-refractivity contribution < 1.29 is 4.42 Å². The van der Waals surface area contributed by atoms with Crippen LogP contribution in [0.25, 0.3) is 0 Å². The van der Waals surface area contributed by atoms with Gasteiger partial charge in [0.25, 0.3) is 0 Å². The second-order valence-electron chi connectivity index (χ2n) is 3.49. The van der Waals surface area contributed by atoms with Gasteiger partial charge in [0.1, 0.15) is 6.26 Å². The lowest BCUT2D eigenvalue weighted by Crippen LogP contribution is -2.18. The molecule has 0 spiro atoms. The predicted molar refractivity (Wildman–Crippen MR) is 58.2 cm³/mol. The maximum atomic E-state index is 4.90. The number of hydrogen-bond donors (Lipinski definition) is 1. The van der Waals surface area contributed by atoms with Gasteiger partial charge in [0, 0.05) is 12.6 Å². The van der Waals surface area contributed by atoms with Gasteiger partial charge < -0.3 is 9.73 Å². The average molecular weight is 202 g/mol. The van der Waals surface area contributed by atoms with Crippen molar-refractivity contribution in [3.8, 4) is 0 Å². The second kappa shape index (κ2) is 4.75. The Hall–Kier alpha value is -1.61. The van der Waals surface area contributed by atoms with E-state index in [0.717, 1.165) is 12.2 Å². The molecule has 1 atom stereocenters. The third-order valence-electron chi connectivity index (χ3n) is 2.37. The molecule has 0 aliphatic carbocycles. The normalized spacial score (nSPS) is 12.6. The van der Waals surface area contributed by atoms with Crippen molar-refractivity contribution in [2.45, 2.75) is 19.5 Å². The van der Waals surface area contributed by atoms with E-state index in [4.69, 9.17) is 4.42 Å².